The van der Waals surface area contributed by atoms with Gasteiger partial charge < -0.3 is 5.32 Å². The molecule has 0 saturated heterocycles. The molecule has 4 heteroatoms. The first-order chi connectivity index (χ1) is 7.75. The molecule has 2 aromatic rings. The lowest BCUT2D eigenvalue weighted by atomic mass is 10.1. The second kappa shape index (κ2) is 3.20. The van der Waals surface area contributed by atoms with Crippen molar-refractivity contribution in [3.8, 4) is 0 Å². The summed E-state index contributed by atoms with van der Waals surface area (Å²) in [6, 6.07) is 7.98. The second-order valence-electron chi connectivity index (χ2n) is 3.91. The van der Waals surface area contributed by atoms with Crippen molar-refractivity contribution in [1.29, 1.82) is 0 Å². The molecular weight excluding hydrogens is 200 g/mol. The maximum absolute atomic E-state index is 4.61. The fourth-order valence-electron chi connectivity index (χ4n) is 2.00. The van der Waals surface area contributed by atoms with Crippen molar-refractivity contribution in [2.75, 3.05) is 5.32 Å². The summed E-state index contributed by atoms with van der Waals surface area (Å²) >= 11 is 0. The molecule has 0 unspecified atom stereocenters. The lowest BCUT2D eigenvalue weighted by Gasteiger charge is -2.03. The van der Waals surface area contributed by atoms with Crippen molar-refractivity contribution in [2.24, 2.45) is 4.99 Å². The minimum Gasteiger partial charge on any atom is -0.336 e. The molecule has 80 valence electrons. The van der Waals surface area contributed by atoms with Crippen molar-refractivity contribution < 1.29 is 0 Å². The molecule has 0 radical (unpaired) electrons. The summed E-state index contributed by atoms with van der Waals surface area (Å²) in [5.41, 5.74) is 5.04. The summed E-state index contributed by atoms with van der Waals surface area (Å²) in [4.78, 5) is 4.61. The second-order valence-corrected chi connectivity index (χ2v) is 3.91. The standard InChI is InChI=1S/C12H12N4/c1-7-11-8(2)15-16-12(11)14-10-6-4-3-5-9(10)13-7/h3-6H,1-2H3,(H2,14,15,16). The van der Waals surface area contributed by atoms with Crippen LogP contribution in [0.1, 0.15) is 18.2 Å². The molecule has 0 bridgehead atoms. The largest absolute Gasteiger partial charge is 0.336 e. The van der Waals surface area contributed by atoms with E-state index in [2.05, 4.69) is 20.5 Å². The zero-order chi connectivity index (χ0) is 11.1. The number of nitrogens with zero attached hydrogens (tertiary/aromatic N) is 2. The van der Waals surface area contributed by atoms with Crippen LogP contribution in [0, 0.1) is 6.92 Å². The normalized spacial score (nSPS) is 13.2. The maximum atomic E-state index is 4.61. The molecule has 2 heterocycles. The molecule has 0 saturated carbocycles. The van der Waals surface area contributed by atoms with E-state index < -0.39 is 0 Å². The topological polar surface area (TPSA) is 53.1 Å². The average molecular weight is 212 g/mol. The fraction of sp³-hybridized carbons (Fsp3) is 0.167. The third-order valence-corrected chi connectivity index (χ3v) is 2.75. The van der Waals surface area contributed by atoms with Gasteiger partial charge in [0.15, 0.2) is 5.82 Å². The Morgan fingerprint density at radius 2 is 1.94 bits per heavy atom. The van der Waals surface area contributed by atoms with Gasteiger partial charge in [0.1, 0.15) is 0 Å². The van der Waals surface area contributed by atoms with E-state index in [1.165, 1.54) is 0 Å². The summed E-state index contributed by atoms with van der Waals surface area (Å²) < 4.78 is 0. The molecule has 16 heavy (non-hydrogen) atoms. The van der Waals surface area contributed by atoms with Gasteiger partial charge in [0, 0.05) is 5.69 Å². The summed E-state index contributed by atoms with van der Waals surface area (Å²) in [5.74, 6) is 0.851. The minimum atomic E-state index is 0.851. The van der Waals surface area contributed by atoms with E-state index in [9.17, 15) is 0 Å². The molecule has 0 atom stereocenters. The van der Waals surface area contributed by atoms with E-state index in [-0.39, 0.29) is 0 Å². The first kappa shape index (κ1) is 9.15. The van der Waals surface area contributed by atoms with E-state index in [1.807, 2.05) is 38.1 Å². The van der Waals surface area contributed by atoms with Gasteiger partial charge in [-0.25, -0.2) is 0 Å². The van der Waals surface area contributed by atoms with Crippen LogP contribution in [0.25, 0.3) is 0 Å². The zero-order valence-corrected chi connectivity index (χ0v) is 9.20. The molecule has 1 aromatic heterocycles. The Bertz CT molecular complexity index is 580. The number of nitrogens with one attached hydrogen (secondary N) is 2. The molecule has 0 spiro atoms. The molecule has 3 rings (SSSR count). The van der Waals surface area contributed by atoms with Gasteiger partial charge in [-0.15, -0.1) is 0 Å². The highest BCUT2D eigenvalue weighted by Gasteiger charge is 2.17. The number of benzene rings is 1. The molecule has 4 nitrogen and oxygen atoms in total. The first-order valence-electron chi connectivity index (χ1n) is 5.22. The Balaban J connectivity index is 2.26. The van der Waals surface area contributed by atoms with E-state index >= 15 is 0 Å². The van der Waals surface area contributed by atoms with Gasteiger partial charge in [-0.05, 0) is 26.0 Å². The summed E-state index contributed by atoms with van der Waals surface area (Å²) in [5, 5.41) is 10.5. The lowest BCUT2D eigenvalue weighted by molar-refractivity contribution is 1.05. The minimum absolute atomic E-state index is 0.851. The highest BCUT2D eigenvalue weighted by atomic mass is 15.2. The first-order valence-corrected chi connectivity index (χ1v) is 5.22. The Morgan fingerprint density at radius 3 is 2.81 bits per heavy atom. The Morgan fingerprint density at radius 1 is 1.12 bits per heavy atom. The van der Waals surface area contributed by atoms with Crippen LogP contribution in [0.4, 0.5) is 17.2 Å². The molecular formula is C12H12N4. The van der Waals surface area contributed by atoms with Crippen molar-refractivity contribution in [2.45, 2.75) is 13.8 Å². The number of fused-ring (bicyclic) bond motifs is 2. The van der Waals surface area contributed by atoms with E-state index in [0.717, 1.165) is 34.2 Å². The van der Waals surface area contributed by atoms with Crippen LogP contribution in [-0.2, 0) is 0 Å². The van der Waals surface area contributed by atoms with Gasteiger partial charge in [0.05, 0.1) is 22.6 Å². The monoisotopic (exact) mass is 212 g/mol. The van der Waals surface area contributed by atoms with Crippen molar-refractivity contribution in [1.82, 2.24) is 10.2 Å². The predicted molar refractivity (Wildman–Crippen MR) is 64.9 cm³/mol. The van der Waals surface area contributed by atoms with E-state index in [1.54, 1.807) is 0 Å². The SMILES string of the molecule is CC1=Nc2ccccc2Nc2n[nH]c(C)c21. The smallest absolute Gasteiger partial charge is 0.161 e. The van der Waals surface area contributed by atoms with Gasteiger partial charge >= 0.3 is 0 Å². The van der Waals surface area contributed by atoms with Gasteiger partial charge in [-0.1, -0.05) is 12.1 Å². The highest BCUT2D eigenvalue weighted by Crippen LogP contribution is 2.33. The molecule has 2 N–H and O–H groups in total. The van der Waals surface area contributed by atoms with Crippen LogP contribution in [0.3, 0.4) is 0 Å². The number of anilines is 2. The molecule has 0 fully saturated rings. The number of aromatic amines is 1. The maximum Gasteiger partial charge on any atom is 0.161 e. The molecule has 0 amide bonds. The molecule has 1 aromatic carbocycles. The molecule has 1 aliphatic rings. The third kappa shape index (κ3) is 1.23. The Hall–Kier alpha value is -2.10. The van der Waals surface area contributed by atoms with E-state index in [0.29, 0.717) is 0 Å². The number of hydrogen-bond acceptors (Lipinski definition) is 3. The van der Waals surface area contributed by atoms with Crippen molar-refractivity contribution >= 4 is 22.9 Å². The van der Waals surface area contributed by atoms with Crippen molar-refractivity contribution in [3.05, 3.63) is 35.5 Å². The fourth-order valence-corrected chi connectivity index (χ4v) is 2.00. The van der Waals surface area contributed by atoms with Crippen LogP contribution >= 0.6 is 0 Å². The van der Waals surface area contributed by atoms with Crippen LogP contribution in [0.2, 0.25) is 0 Å². The highest BCUT2D eigenvalue weighted by molar-refractivity contribution is 6.07. The van der Waals surface area contributed by atoms with Crippen LogP contribution in [-0.4, -0.2) is 15.9 Å². The third-order valence-electron chi connectivity index (χ3n) is 2.75. The predicted octanol–water partition coefficient (Wildman–Crippen LogP) is 2.92. The van der Waals surface area contributed by atoms with Crippen molar-refractivity contribution in [3.63, 3.8) is 0 Å². The number of hydrogen-bond donors (Lipinski definition) is 2. The van der Waals surface area contributed by atoms with E-state index in [4.69, 9.17) is 0 Å². The Labute approximate surface area is 93.4 Å². The summed E-state index contributed by atoms with van der Waals surface area (Å²) in [6.07, 6.45) is 0. The zero-order valence-electron chi connectivity index (χ0n) is 9.20. The van der Waals surface area contributed by atoms with Gasteiger partial charge in [-0.2, -0.15) is 5.10 Å². The van der Waals surface area contributed by atoms with Crippen LogP contribution in [0.5, 0.6) is 0 Å². The molecule has 1 aliphatic heterocycles. The van der Waals surface area contributed by atoms with Gasteiger partial charge in [0.2, 0.25) is 0 Å². The number of para-hydroxylation sites is 2. The number of H-pyrrole nitrogens is 1. The van der Waals surface area contributed by atoms with Gasteiger partial charge in [0.25, 0.3) is 0 Å². The average Bonchev–Trinajstić information content (AvgIpc) is 2.56. The van der Waals surface area contributed by atoms with Crippen LogP contribution < -0.4 is 5.32 Å². The summed E-state index contributed by atoms with van der Waals surface area (Å²) in [6.45, 7) is 4.01. The molecule has 0 aliphatic carbocycles. The quantitative estimate of drug-likeness (QED) is 0.705. The Kier molecular flexibility index (Phi) is 1.83. The lowest BCUT2D eigenvalue weighted by Crippen LogP contribution is -1.97. The number of aryl methyl sites for hydroxylation is 1. The van der Waals surface area contributed by atoms with Crippen LogP contribution in [0.15, 0.2) is 29.3 Å². The number of rotatable bonds is 0. The number of aromatic nitrogens is 2. The summed E-state index contributed by atoms with van der Waals surface area (Å²) in [7, 11) is 0. The number of aliphatic imine (C=N–C) groups is 1. The van der Waals surface area contributed by atoms with Gasteiger partial charge in [-0.3, -0.25) is 10.1 Å².